The van der Waals surface area contributed by atoms with E-state index in [-0.39, 0.29) is 5.75 Å². The molecule has 2 heterocycles. The van der Waals surface area contributed by atoms with Gasteiger partial charge in [0.1, 0.15) is 11.4 Å². The van der Waals surface area contributed by atoms with Crippen molar-refractivity contribution in [3.8, 4) is 28.5 Å². The molecule has 0 atom stereocenters. The topological polar surface area (TPSA) is 59.4 Å². The molecule has 0 aliphatic rings. The molecule has 90 valence electrons. The van der Waals surface area contributed by atoms with Crippen LogP contribution < -0.4 is 0 Å². The lowest BCUT2D eigenvalue weighted by molar-refractivity contribution is 0.419. The zero-order valence-electron chi connectivity index (χ0n) is 9.13. The number of rotatable bonds is 2. The van der Waals surface area contributed by atoms with Gasteiger partial charge < -0.3 is 14.0 Å². The molecular formula is C13H8ClNO3. The molecule has 2 aromatic heterocycles. The molecule has 0 radical (unpaired) electrons. The summed E-state index contributed by atoms with van der Waals surface area (Å²) in [5.74, 6) is 1.17. The SMILES string of the molecule is Oc1ccc(Cl)cc1-c1cc(-c2ccco2)on1. The molecule has 0 saturated carbocycles. The van der Waals surface area contributed by atoms with Crippen LogP contribution in [0.3, 0.4) is 0 Å². The van der Waals surface area contributed by atoms with E-state index in [0.717, 1.165) is 0 Å². The molecule has 0 spiro atoms. The lowest BCUT2D eigenvalue weighted by atomic mass is 10.1. The van der Waals surface area contributed by atoms with Crippen LogP contribution in [0.1, 0.15) is 0 Å². The Hall–Kier alpha value is -2.20. The van der Waals surface area contributed by atoms with Gasteiger partial charge in [-0.2, -0.15) is 0 Å². The van der Waals surface area contributed by atoms with E-state index in [0.29, 0.717) is 27.8 Å². The van der Waals surface area contributed by atoms with Crippen LogP contribution in [0.25, 0.3) is 22.8 Å². The number of phenols is 1. The summed E-state index contributed by atoms with van der Waals surface area (Å²) in [6.45, 7) is 0. The van der Waals surface area contributed by atoms with E-state index in [1.807, 2.05) is 0 Å². The molecule has 3 aromatic rings. The first-order valence-electron chi connectivity index (χ1n) is 5.23. The fourth-order valence-electron chi connectivity index (χ4n) is 1.65. The molecule has 3 rings (SSSR count). The Morgan fingerprint density at radius 3 is 2.78 bits per heavy atom. The quantitative estimate of drug-likeness (QED) is 0.758. The summed E-state index contributed by atoms with van der Waals surface area (Å²) < 4.78 is 10.4. The molecule has 1 N–H and O–H groups in total. The highest BCUT2D eigenvalue weighted by molar-refractivity contribution is 6.30. The van der Waals surface area contributed by atoms with Crippen molar-refractivity contribution in [2.24, 2.45) is 0 Å². The van der Waals surface area contributed by atoms with Gasteiger partial charge in [0.05, 0.1) is 6.26 Å². The monoisotopic (exact) mass is 261 g/mol. The summed E-state index contributed by atoms with van der Waals surface area (Å²) in [5.41, 5.74) is 1.02. The molecule has 5 heteroatoms. The van der Waals surface area contributed by atoms with E-state index < -0.39 is 0 Å². The number of aromatic nitrogens is 1. The maximum Gasteiger partial charge on any atom is 0.202 e. The zero-order valence-corrected chi connectivity index (χ0v) is 9.89. The van der Waals surface area contributed by atoms with E-state index in [1.165, 1.54) is 6.07 Å². The van der Waals surface area contributed by atoms with E-state index in [4.69, 9.17) is 20.5 Å². The van der Waals surface area contributed by atoms with Crippen LogP contribution in [0.5, 0.6) is 5.75 Å². The predicted molar refractivity (Wildman–Crippen MR) is 66.3 cm³/mol. The molecule has 0 amide bonds. The van der Waals surface area contributed by atoms with Gasteiger partial charge in [-0.3, -0.25) is 0 Å². The van der Waals surface area contributed by atoms with Crippen LogP contribution in [0.2, 0.25) is 5.02 Å². The smallest absolute Gasteiger partial charge is 0.202 e. The molecule has 18 heavy (non-hydrogen) atoms. The number of benzene rings is 1. The summed E-state index contributed by atoms with van der Waals surface area (Å²) in [7, 11) is 0. The van der Waals surface area contributed by atoms with E-state index in [2.05, 4.69) is 5.16 Å². The maximum absolute atomic E-state index is 9.76. The second-order valence-corrected chi connectivity index (χ2v) is 4.15. The minimum Gasteiger partial charge on any atom is -0.507 e. The van der Waals surface area contributed by atoms with Gasteiger partial charge in [-0.15, -0.1) is 0 Å². The molecule has 4 nitrogen and oxygen atoms in total. The first-order valence-corrected chi connectivity index (χ1v) is 5.61. The van der Waals surface area contributed by atoms with Crippen molar-refractivity contribution in [3.05, 3.63) is 47.7 Å². The van der Waals surface area contributed by atoms with Crippen molar-refractivity contribution in [2.45, 2.75) is 0 Å². The summed E-state index contributed by atoms with van der Waals surface area (Å²) >= 11 is 5.89. The summed E-state index contributed by atoms with van der Waals surface area (Å²) in [6.07, 6.45) is 1.55. The number of hydrogen-bond acceptors (Lipinski definition) is 4. The van der Waals surface area contributed by atoms with Crippen LogP contribution in [-0.2, 0) is 0 Å². The molecular weight excluding hydrogens is 254 g/mol. The molecule has 0 aliphatic heterocycles. The number of halogens is 1. The Balaban J connectivity index is 2.05. The van der Waals surface area contributed by atoms with Gasteiger partial charge in [0.15, 0.2) is 5.76 Å². The Morgan fingerprint density at radius 1 is 1.11 bits per heavy atom. The first kappa shape index (κ1) is 10.9. The summed E-state index contributed by atoms with van der Waals surface area (Å²) in [4.78, 5) is 0. The fourth-order valence-corrected chi connectivity index (χ4v) is 1.82. The zero-order chi connectivity index (χ0) is 12.5. The molecule has 1 aromatic carbocycles. The minimum absolute atomic E-state index is 0.0960. The van der Waals surface area contributed by atoms with Gasteiger partial charge >= 0.3 is 0 Å². The average Bonchev–Trinajstić information content (AvgIpc) is 3.00. The lowest BCUT2D eigenvalue weighted by Crippen LogP contribution is -1.78. The van der Waals surface area contributed by atoms with Crippen LogP contribution >= 0.6 is 11.6 Å². The Kier molecular flexibility index (Phi) is 2.57. The number of aromatic hydroxyl groups is 1. The van der Waals surface area contributed by atoms with Crippen molar-refractivity contribution < 1.29 is 14.0 Å². The van der Waals surface area contributed by atoms with Crippen molar-refractivity contribution >= 4 is 11.6 Å². The van der Waals surface area contributed by atoms with Crippen LogP contribution in [0.4, 0.5) is 0 Å². The second kappa shape index (κ2) is 4.23. The molecule has 0 saturated heterocycles. The molecule has 0 bridgehead atoms. The average molecular weight is 262 g/mol. The highest BCUT2D eigenvalue weighted by Gasteiger charge is 2.13. The number of nitrogens with zero attached hydrogens (tertiary/aromatic N) is 1. The summed E-state index contributed by atoms with van der Waals surface area (Å²) in [5, 5.41) is 14.2. The van der Waals surface area contributed by atoms with Gasteiger partial charge in [-0.25, -0.2) is 0 Å². The van der Waals surface area contributed by atoms with Crippen molar-refractivity contribution in [1.82, 2.24) is 5.16 Å². The number of hydrogen-bond donors (Lipinski definition) is 1. The van der Waals surface area contributed by atoms with Gasteiger partial charge in [-0.05, 0) is 30.3 Å². The second-order valence-electron chi connectivity index (χ2n) is 3.72. The standard InChI is InChI=1S/C13H8ClNO3/c14-8-3-4-11(16)9(6-8)10-7-13(18-15-10)12-2-1-5-17-12/h1-7,16H. The predicted octanol–water partition coefficient (Wildman–Crippen LogP) is 3.96. The number of phenolic OH excluding ortho intramolecular Hbond substituents is 1. The largest absolute Gasteiger partial charge is 0.507 e. The number of furan rings is 1. The van der Waals surface area contributed by atoms with E-state index in [1.54, 1.807) is 36.6 Å². The third-order valence-corrected chi connectivity index (χ3v) is 2.74. The van der Waals surface area contributed by atoms with Crippen LogP contribution in [-0.4, -0.2) is 10.3 Å². The Bertz CT molecular complexity index is 673. The molecule has 0 fully saturated rings. The van der Waals surface area contributed by atoms with E-state index >= 15 is 0 Å². The lowest BCUT2D eigenvalue weighted by Gasteiger charge is -1.99. The molecule has 0 unspecified atom stereocenters. The van der Waals surface area contributed by atoms with Crippen LogP contribution in [0, 0.1) is 0 Å². The van der Waals surface area contributed by atoms with Crippen molar-refractivity contribution in [1.29, 1.82) is 0 Å². The highest BCUT2D eigenvalue weighted by atomic mass is 35.5. The normalized spacial score (nSPS) is 10.7. The van der Waals surface area contributed by atoms with Gasteiger partial charge in [0, 0.05) is 16.7 Å². The minimum atomic E-state index is 0.0960. The Labute approximate surface area is 107 Å². The van der Waals surface area contributed by atoms with Crippen molar-refractivity contribution in [3.63, 3.8) is 0 Å². The van der Waals surface area contributed by atoms with Gasteiger partial charge in [0.25, 0.3) is 0 Å². The van der Waals surface area contributed by atoms with E-state index in [9.17, 15) is 5.11 Å². The first-order chi connectivity index (χ1) is 8.74. The van der Waals surface area contributed by atoms with Gasteiger partial charge in [0.2, 0.25) is 5.76 Å². The molecule has 0 aliphatic carbocycles. The van der Waals surface area contributed by atoms with Crippen LogP contribution in [0.15, 0.2) is 51.6 Å². The Morgan fingerprint density at radius 2 is 2.00 bits per heavy atom. The van der Waals surface area contributed by atoms with Gasteiger partial charge in [-0.1, -0.05) is 16.8 Å². The maximum atomic E-state index is 9.76. The highest BCUT2D eigenvalue weighted by Crippen LogP contribution is 2.33. The third-order valence-electron chi connectivity index (χ3n) is 2.51. The third kappa shape index (κ3) is 1.87. The fraction of sp³-hybridized carbons (Fsp3) is 0. The summed E-state index contributed by atoms with van der Waals surface area (Å²) in [6, 6.07) is 9.95. The van der Waals surface area contributed by atoms with Crippen molar-refractivity contribution in [2.75, 3.05) is 0 Å².